The second kappa shape index (κ2) is 8.24. The number of aromatic nitrogens is 1. The van der Waals surface area contributed by atoms with Crippen LogP contribution in [-0.2, 0) is 6.42 Å². The summed E-state index contributed by atoms with van der Waals surface area (Å²) in [4.78, 5) is 0. The lowest BCUT2D eigenvalue weighted by Crippen LogP contribution is -1.94. The molecule has 34 heavy (non-hydrogen) atoms. The lowest BCUT2D eigenvalue weighted by molar-refractivity contribution is 1.14. The molecule has 0 unspecified atom stereocenters. The zero-order chi connectivity index (χ0) is 23.1. The van der Waals surface area contributed by atoms with Gasteiger partial charge in [0.2, 0.25) is 0 Å². The Hall–Kier alpha value is -4.30. The molecule has 0 atom stereocenters. The Morgan fingerprint density at radius 3 is 2.12 bits per heavy atom. The van der Waals surface area contributed by atoms with Gasteiger partial charge in [0.05, 0.1) is 11.0 Å². The molecule has 6 aromatic rings. The van der Waals surface area contributed by atoms with Crippen molar-refractivity contribution in [2.24, 2.45) is 0 Å². The molecule has 0 bridgehead atoms. The van der Waals surface area contributed by atoms with Crippen LogP contribution in [0.2, 0.25) is 0 Å². The Labute approximate surface area is 199 Å². The van der Waals surface area contributed by atoms with E-state index in [1.54, 1.807) is 0 Å². The number of hydrogen-bond donors (Lipinski definition) is 1. The van der Waals surface area contributed by atoms with Crippen LogP contribution >= 0.6 is 0 Å². The van der Waals surface area contributed by atoms with E-state index in [1.165, 1.54) is 49.7 Å². The highest BCUT2D eigenvalue weighted by atomic mass is 15.0. The van der Waals surface area contributed by atoms with Gasteiger partial charge in [0.25, 0.3) is 0 Å². The van der Waals surface area contributed by atoms with Gasteiger partial charge >= 0.3 is 0 Å². The maximum atomic E-state index is 6.45. The van der Waals surface area contributed by atoms with E-state index in [2.05, 4.69) is 121 Å². The largest absolute Gasteiger partial charge is 0.398 e. The van der Waals surface area contributed by atoms with E-state index in [1.807, 2.05) is 6.07 Å². The van der Waals surface area contributed by atoms with Crippen molar-refractivity contribution in [3.63, 3.8) is 0 Å². The van der Waals surface area contributed by atoms with Crippen molar-refractivity contribution >= 4 is 27.5 Å². The van der Waals surface area contributed by atoms with Crippen LogP contribution in [-0.4, -0.2) is 4.57 Å². The summed E-state index contributed by atoms with van der Waals surface area (Å²) in [6, 6.07) is 40.9. The Kier molecular flexibility index (Phi) is 4.92. The molecule has 0 fully saturated rings. The van der Waals surface area contributed by atoms with Crippen LogP contribution in [0.5, 0.6) is 0 Å². The maximum Gasteiger partial charge on any atom is 0.0541 e. The highest BCUT2D eigenvalue weighted by Gasteiger charge is 2.14. The van der Waals surface area contributed by atoms with Crippen LogP contribution in [0, 0.1) is 0 Å². The van der Waals surface area contributed by atoms with Gasteiger partial charge in [0.1, 0.15) is 0 Å². The number of nitrogens with two attached hydrogens (primary N) is 1. The zero-order valence-corrected chi connectivity index (χ0v) is 19.2. The van der Waals surface area contributed by atoms with Crippen molar-refractivity contribution in [3.8, 4) is 27.9 Å². The van der Waals surface area contributed by atoms with Gasteiger partial charge in [-0.1, -0.05) is 79.7 Å². The Morgan fingerprint density at radius 1 is 0.588 bits per heavy atom. The fraction of sp³-hybridized carbons (Fsp3) is 0.0625. The molecule has 2 nitrogen and oxygen atoms in total. The summed E-state index contributed by atoms with van der Waals surface area (Å²) in [5, 5.41) is 2.51. The molecule has 0 aliphatic heterocycles. The molecular formula is C32H26N2. The number of rotatable bonds is 4. The Balaban J connectivity index is 1.56. The Morgan fingerprint density at radius 2 is 1.26 bits per heavy atom. The van der Waals surface area contributed by atoms with E-state index in [0.29, 0.717) is 0 Å². The number of aryl methyl sites for hydroxylation is 1. The van der Waals surface area contributed by atoms with Gasteiger partial charge in [-0.2, -0.15) is 0 Å². The van der Waals surface area contributed by atoms with Crippen molar-refractivity contribution < 1.29 is 0 Å². The number of para-hydroxylation sites is 2. The minimum atomic E-state index is 0.811. The average molecular weight is 439 g/mol. The van der Waals surface area contributed by atoms with E-state index in [4.69, 9.17) is 5.73 Å². The molecule has 164 valence electrons. The van der Waals surface area contributed by atoms with Crippen LogP contribution in [0.4, 0.5) is 5.69 Å². The minimum Gasteiger partial charge on any atom is -0.398 e. The number of benzene rings is 5. The predicted molar refractivity (Wildman–Crippen MR) is 145 cm³/mol. The SMILES string of the molecule is CCc1ccccc1-c1cc(-c2ccc3c(c2)c2ccccc2n3-c2ccccc2)ccc1N. The van der Waals surface area contributed by atoms with E-state index in [9.17, 15) is 0 Å². The monoisotopic (exact) mass is 438 g/mol. The smallest absolute Gasteiger partial charge is 0.0541 e. The molecule has 2 heteroatoms. The summed E-state index contributed by atoms with van der Waals surface area (Å²) in [5.41, 5.74) is 16.9. The number of nitrogen functional groups attached to an aromatic ring is 1. The second-order valence-electron chi connectivity index (χ2n) is 8.73. The molecule has 0 aliphatic carbocycles. The summed E-state index contributed by atoms with van der Waals surface area (Å²) in [6.45, 7) is 2.19. The molecule has 0 aliphatic rings. The van der Waals surface area contributed by atoms with Crippen LogP contribution in [0.15, 0.2) is 115 Å². The molecular weight excluding hydrogens is 412 g/mol. The Bertz CT molecular complexity index is 1640. The molecule has 6 rings (SSSR count). The molecule has 0 amide bonds. The van der Waals surface area contributed by atoms with Crippen LogP contribution < -0.4 is 5.73 Å². The highest BCUT2D eigenvalue weighted by molar-refractivity contribution is 6.10. The maximum absolute atomic E-state index is 6.45. The predicted octanol–water partition coefficient (Wildman–Crippen LogP) is 8.26. The standard InChI is InChI=1S/C32H26N2/c1-2-22-10-6-7-13-26(22)28-20-23(16-18-30(28)33)24-17-19-32-29(21-24)27-14-8-9-15-31(27)34(32)25-11-4-3-5-12-25/h3-21H,2,33H2,1H3. The first-order valence-corrected chi connectivity index (χ1v) is 11.8. The second-order valence-corrected chi connectivity index (χ2v) is 8.73. The molecule has 0 saturated heterocycles. The third-order valence-corrected chi connectivity index (χ3v) is 6.76. The summed E-state index contributed by atoms with van der Waals surface area (Å²) >= 11 is 0. The topological polar surface area (TPSA) is 30.9 Å². The van der Waals surface area contributed by atoms with Crippen molar-refractivity contribution in [2.45, 2.75) is 13.3 Å². The van der Waals surface area contributed by atoms with Gasteiger partial charge in [0.15, 0.2) is 0 Å². The number of nitrogens with zero attached hydrogens (tertiary/aromatic N) is 1. The number of anilines is 1. The van der Waals surface area contributed by atoms with Gasteiger partial charge in [-0.3, -0.25) is 0 Å². The highest BCUT2D eigenvalue weighted by Crippen LogP contribution is 2.37. The lowest BCUT2D eigenvalue weighted by Gasteiger charge is -2.13. The van der Waals surface area contributed by atoms with Crippen molar-refractivity contribution in [3.05, 3.63) is 121 Å². The van der Waals surface area contributed by atoms with Crippen LogP contribution in [0.3, 0.4) is 0 Å². The molecule has 1 heterocycles. The van der Waals surface area contributed by atoms with Crippen molar-refractivity contribution in [1.82, 2.24) is 4.57 Å². The van der Waals surface area contributed by atoms with Gasteiger partial charge in [-0.15, -0.1) is 0 Å². The van der Waals surface area contributed by atoms with Crippen molar-refractivity contribution in [2.75, 3.05) is 5.73 Å². The number of hydrogen-bond acceptors (Lipinski definition) is 1. The third kappa shape index (κ3) is 3.27. The van der Waals surface area contributed by atoms with E-state index >= 15 is 0 Å². The van der Waals surface area contributed by atoms with Gasteiger partial charge in [-0.05, 0) is 71.1 Å². The fourth-order valence-corrected chi connectivity index (χ4v) is 5.07. The van der Waals surface area contributed by atoms with Crippen LogP contribution in [0.1, 0.15) is 12.5 Å². The van der Waals surface area contributed by atoms with E-state index in [0.717, 1.165) is 17.7 Å². The zero-order valence-electron chi connectivity index (χ0n) is 19.2. The van der Waals surface area contributed by atoms with E-state index in [-0.39, 0.29) is 0 Å². The molecule has 0 saturated carbocycles. The molecule has 0 spiro atoms. The summed E-state index contributed by atoms with van der Waals surface area (Å²) < 4.78 is 2.35. The summed E-state index contributed by atoms with van der Waals surface area (Å²) in [5.74, 6) is 0. The molecule has 1 aromatic heterocycles. The summed E-state index contributed by atoms with van der Waals surface area (Å²) in [7, 11) is 0. The molecule has 2 N–H and O–H groups in total. The fourth-order valence-electron chi connectivity index (χ4n) is 5.07. The average Bonchev–Trinajstić information content (AvgIpc) is 3.23. The molecule has 5 aromatic carbocycles. The quantitative estimate of drug-likeness (QED) is 0.276. The van der Waals surface area contributed by atoms with Crippen LogP contribution in [0.25, 0.3) is 49.7 Å². The molecule has 0 radical (unpaired) electrons. The normalized spacial score (nSPS) is 11.3. The first kappa shape index (κ1) is 20.3. The van der Waals surface area contributed by atoms with Gasteiger partial charge in [0, 0.05) is 27.7 Å². The van der Waals surface area contributed by atoms with Gasteiger partial charge in [-0.25, -0.2) is 0 Å². The van der Waals surface area contributed by atoms with Gasteiger partial charge < -0.3 is 10.3 Å². The lowest BCUT2D eigenvalue weighted by atomic mass is 9.93. The first-order chi connectivity index (χ1) is 16.7. The van der Waals surface area contributed by atoms with Crippen molar-refractivity contribution in [1.29, 1.82) is 0 Å². The third-order valence-electron chi connectivity index (χ3n) is 6.76. The number of fused-ring (bicyclic) bond motifs is 3. The van der Waals surface area contributed by atoms with E-state index < -0.39 is 0 Å². The first-order valence-electron chi connectivity index (χ1n) is 11.8. The summed E-state index contributed by atoms with van der Waals surface area (Å²) in [6.07, 6.45) is 0.977. The minimum absolute atomic E-state index is 0.811.